The van der Waals surface area contributed by atoms with Crippen LogP contribution in [0.2, 0.25) is 0 Å². The van der Waals surface area contributed by atoms with Crippen LogP contribution in [-0.4, -0.2) is 37.9 Å². The molecule has 0 bridgehead atoms. The first-order chi connectivity index (χ1) is 7.44. The van der Waals surface area contributed by atoms with Gasteiger partial charge >= 0.3 is 0 Å². The Labute approximate surface area is 95.3 Å². The van der Waals surface area contributed by atoms with Gasteiger partial charge in [0.05, 0.1) is 0 Å². The highest BCUT2D eigenvalue weighted by atomic mass is 32.2. The van der Waals surface area contributed by atoms with E-state index in [1.807, 2.05) is 7.05 Å². The zero-order valence-electron chi connectivity index (χ0n) is 9.73. The fourth-order valence-electron chi connectivity index (χ4n) is 1.33. The molecular weight excluding hydrogens is 230 g/mol. The highest BCUT2D eigenvalue weighted by Gasteiger charge is 2.14. The summed E-state index contributed by atoms with van der Waals surface area (Å²) in [6.45, 7) is 2.05. The highest BCUT2D eigenvalue weighted by molar-refractivity contribution is 7.89. The molecular formula is C9H17N3O3S. The van der Waals surface area contributed by atoms with E-state index in [1.165, 1.54) is 0 Å². The van der Waals surface area contributed by atoms with Crippen molar-refractivity contribution in [2.24, 2.45) is 0 Å². The number of sulfone groups is 1. The maximum absolute atomic E-state index is 11.0. The molecule has 0 aliphatic heterocycles. The molecule has 0 aromatic carbocycles. The molecule has 7 heteroatoms. The van der Waals surface area contributed by atoms with Crippen LogP contribution < -0.4 is 5.32 Å². The quantitative estimate of drug-likeness (QED) is 0.770. The zero-order chi connectivity index (χ0) is 12.2. The molecule has 0 aliphatic rings. The molecule has 1 aromatic rings. The number of nitrogens with one attached hydrogen (secondary N) is 1. The van der Waals surface area contributed by atoms with Crippen LogP contribution in [0.15, 0.2) is 4.52 Å². The molecule has 6 nitrogen and oxygen atoms in total. The largest absolute Gasteiger partial charge is 0.339 e. The summed E-state index contributed by atoms with van der Waals surface area (Å²) in [5.41, 5.74) is 0. The number of hydrogen-bond acceptors (Lipinski definition) is 6. The van der Waals surface area contributed by atoms with Gasteiger partial charge in [0.2, 0.25) is 5.89 Å². The van der Waals surface area contributed by atoms with Gasteiger partial charge in [-0.3, -0.25) is 0 Å². The maximum Gasteiger partial charge on any atom is 0.228 e. The van der Waals surface area contributed by atoms with Gasteiger partial charge in [0.1, 0.15) is 5.75 Å². The molecule has 1 heterocycles. The standard InChI is InChI=1S/C9H17N3O3S/c1-4-7(10-2)5-9-11-8(12-15-9)6-16(3,13)14/h7,10H,4-6H2,1-3H3. The van der Waals surface area contributed by atoms with Crippen molar-refractivity contribution in [2.45, 2.75) is 31.6 Å². The Morgan fingerprint density at radius 3 is 2.69 bits per heavy atom. The molecule has 0 spiro atoms. The van der Waals surface area contributed by atoms with Crippen LogP contribution in [0.3, 0.4) is 0 Å². The fraction of sp³-hybridized carbons (Fsp3) is 0.778. The normalized spacial score (nSPS) is 13.9. The zero-order valence-corrected chi connectivity index (χ0v) is 10.5. The van der Waals surface area contributed by atoms with E-state index in [-0.39, 0.29) is 17.6 Å². The fourth-order valence-corrected chi connectivity index (χ4v) is 1.91. The Hall–Kier alpha value is -0.950. The number of aromatic nitrogens is 2. The lowest BCUT2D eigenvalue weighted by molar-refractivity contribution is 0.355. The Morgan fingerprint density at radius 2 is 2.19 bits per heavy atom. The lowest BCUT2D eigenvalue weighted by atomic mass is 10.1. The summed E-state index contributed by atoms with van der Waals surface area (Å²) in [5, 5.41) is 6.74. The highest BCUT2D eigenvalue weighted by Crippen LogP contribution is 2.05. The minimum absolute atomic E-state index is 0.174. The summed E-state index contributed by atoms with van der Waals surface area (Å²) in [4.78, 5) is 4.03. The first-order valence-corrected chi connectivity index (χ1v) is 7.17. The van der Waals surface area contributed by atoms with E-state index in [4.69, 9.17) is 4.52 Å². The van der Waals surface area contributed by atoms with Crippen molar-refractivity contribution in [1.82, 2.24) is 15.5 Å². The number of likely N-dealkylation sites (N-methyl/N-ethyl adjacent to an activating group) is 1. The van der Waals surface area contributed by atoms with E-state index < -0.39 is 9.84 Å². The monoisotopic (exact) mass is 247 g/mol. The average molecular weight is 247 g/mol. The topological polar surface area (TPSA) is 85.1 Å². The lowest BCUT2D eigenvalue weighted by Crippen LogP contribution is -2.26. The van der Waals surface area contributed by atoms with Crippen molar-refractivity contribution in [3.8, 4) is 0 Å². The molecule has 0 fully saturated rings. The third-order valence-corrected chi connectivity index (χ3v) is 3.01. The smallest absolute Gasteiger partial charge is 0.228 e. The molecule has 92 valence electrons. The second-order valence-electron chi connectivity index (χ2n) is 3.77. The first kappa shape index (κ1) is 13.1. The van der Waals surface area contributed by atoms with Crippen molar-refractivity contribution in [3.05, 3.63) is 11.7 Å². The molecule has 0 amide bonds. The van der Waals surface area contributed by atoms with Gasteiger partial charge in [-0.2, -0.15) is 4.98 Å². The Morgan fingerprint density at radius 1 is 1.50 bits per heavy atom. The van der Waals surface area contributed by atoms with E-state index in [0.717, 1.165) is 12.7 Å². The molecule has 1 aromatic heterocycles. The van der Waals surface area contributed by atoms with Crippen LogP contribution >= 0.6 is 0 Å². The number of rotatable bonds is 6. The second kappa shape index (κ2) is 5.40. The minimum Gasteiger partial charge on any atom is -0.339 e. The summed E-state index contributed by atoms with van der Waals surface area (Å²) in [6.07, 6.45) is 2.70. The Bertz CT molecular complexity index is 423. The molecule has 0 saturated carbocycles. The van der Waals surface area contributed by atoms with Gasteiger partial charge in [0, 0.05) is 18.7 Å². The first-order valence-electron chi connectivity index (χ1n) is 5.11. The van der Waals surface area contributed by atoms with E-state index in [9.17, 15) is 8.42 Å². The van der Waals surface area contributed by atoms with Gasteiger partial charge in [-0.25, -0.2) is 8.42 Å². The predicted octanol–water partition coefficient (Wildman–Crippen LogP) is 0.155. The van der Waals surface area contributed by atoms with Gasteiger partial charge in [-0.15, -0.1) is 0 Å². The van der Waals surface area contributed by atoms with Gasteiger partial charge in [-0.05, 0) is 13.5 Å². The third kappa shape index (κ3) is 4.28. The van der Waals surface area contributed by atoms with Crippen molar-refractivity contribution in [1.29, 1.82) is 0 Å². The minimum atomic E-state index is -3.10. The summed E-state index contributed by atoms with van der Waals surface area (Å²) >= 11 is 0. The van der Waals surface area contributed by atoms with Gasteiger partial charge in [-0.1, -0.05) is 12.1 Å². The van der Waals surface area contributed by atoms with Crippen LogP contribution in [0, 0.1) is 0 Å². The second-order valence-corrected chi connectivity index (χ2v) is 5.91. The Balaban J connectivity index is 2.64. The van der Waals surface area contributed by atoms with Crippen LogP contribution in [-0.2, 0) is 22.0 Å². The summed E-state index contributed by atoms with van der Waals surface area (Å²) in [5.74, 6) is 0.524. The molecule has 1 rings (SSSR count). The van der Waals surface area contributed by atoms with E-state index in [2.05, 4.69) is 22.4 Å². The van der Waals surface area contributed by atoms with Gasteiger partial charge in [0.15, 0.2) is 15.7 Å². The van der Waals surface area contributed by atoms with Crippen molar-refractivity contribution >= 4 is 9.84 Å². The molecule has 0 saturated heterocycles. The van der Waals surface area contributed by atoms with Gasteiger partial charge in [0.25, 0.3) is 0 Å². The van der Waals surface area contributed by atoms with Crippen LogP contribution in [0.1, 0.15) is 25.1 Å². The van der Waals surface area contributed by atoms with Crippen LogP contribution in [0.4, 0.5) is 0 Å². The molecule has 1 unspecified atom stereocenters. The third-order valence-electron chi connectivity index (χ3n) is 2.22. The molecule has 0 aliphatic carbocycles. The van der Waals surface area contributed by atoms with E-state index >= 15 is 0 Å². The maximum atomic E-state index is 11.0. The lowest BCUT2D eigenvalue weighted by Gasteiger charge is -2.09. The van der Waals surface area contributed by atoms with Crippen molar-refractivity contribution in [3.63, 3.8) is 0 Å². The van der Waals surface area contributed by atoms with E-state index in [1.54, 1.807) is 0 Å². The molecule has 0 radical (unpaired) electrons. The number of hydrogen-bond donors (Lipinski definition) is 1. The Kier molecular flexibility index (Phi) is 4.43. The van der Waals surface area contributed by atoms with Crippen LogP contribution in [0.25, 0.3) is 0 Å². The van der Waals surface area contributed by atoms with Crippen molar-refractivity contribution < 1.29 is 12.9 Å². The summed E-state index contributed by atoms with van der Waals surface area (Å²) in [7, 11) is -1.24. The molecule has 1 N–H and O–H groups in total. The predicted molar refractivity (Wildman–Crippen MR) is 59.7 cm³/mol. The van der Waals surface area contributed by atoms with Gasteiger partial charge < -0.3 is 9.84 Å². The summed E-state index contributed by atoms with van der Waals surface area (Å²) in [6, 6.07) is 0.270. The molecule has 16 heavy (non-hydrogen) atoms. The SMILES string of the molecule is CCC(Cc1nc(CS(C)(=O)=O)no1)NC. The average Bonchev–Trinajstić information content (AvgIpc) is 2.59. The van der Waals surface area contributed by atoms with Crippen LogP contribution in [0.5, 0.6) is 0 Å². The molecule has 1 atom stereocenters. The van der Waals surface area contributed by atoms with Crippen molar-refractivity contribution in [2.75, 3.05) is 13.3 Å². The van der Waals surface area contributed by atoms with E-state index in [0.29, 0.717) is 12.3 Å². The number of nitrogens with zero attached hydrogens (tertiary/aromatic N) is 2. The summed E-state index contributed by atoms with van der Waals surface area (Å²) < 4.78 is 27.0.